The average Bonchev–Trinajstić information content (AvgIpc) is 2.72. The number of hydrogen-bond acceptors (Lipinski definition) is 3. The third-order valence-corrected chi connectivity index (χ3v) is 6.36. The van der Waals surface area contributed by atoms with Gasteiger partial charge < -0.3 is 15.0 Å². The number of nitrogens with zero attached hydrogens (tertiary/aromatic N) is 1. The van der Waals surface area contributed by atoms with Gasteiger partial charge in [-0.05, 0) is 49.9 Å². The number of carbonyl (C=O) groups excluding carboxylic acids is 1. The third-order valence-electron chi connectivity index (χ3n) is 5.62. The molecule has 0 spiro atoms. The van der Waals surface area contributed by atoms with E-state index in [1.165, 1.54) is 0 Å². The number of carbonyl (C=O) groups is 1. The maximum absolute atomic E-state index is 12.6. The summed E-state index contributed by atoms with van der Waals surface area (Å²) >= 11 is 12.1. The van der Waals surface area contributed by atoms with Gasteiger partial charge in [-0.25, -0.2) is 0 Å². The van der Waals surface area contributed by atoms with Crippen LogP contribution >= 0.6 is 35.6 Å². The molecule has 0 aromatic heterocycles. The highest BCUT2D eigenvalue weighted by Gasteiger charge is 2.25. The van der Waals surface area contributed by atoms with E-state index in [9.17, 15) is 4.79 Å². The Labute approximate surface area is 201 Å². The molecule has 170 valence electrons. The third kappa shape index (κ3) is 7.57. The fourth-order valence-electron chi connectivity index (χ4n) is 3.61. The van der Waals surface area contributed by atoms with Gasteiger partial charge in [-0.2, -0.15) is 0 Å². The lowest BCUT2D eigenvalue weighted by Crippen LogP contribution is -2.49. The van der Waals surface area contributed by atoms with Crippen molar-refractivity contribution in [2.75, 3.05) is 19.6 Å². The van der Waals surface area contributed by atoms with E-state index in [2.05, 4.69) is 24.1 Å². The standard InChI is InChI=1S/C24H30Cl2N2O2.ClH/c1-16(2)23(27-24(29)18-6-4-17(3)5-7-18)15-28-12-10-19(11-13-28)30-20-8-9-21(25)22(26)14-20;/h4-9,14,16,19,23H,10-13,15H2,1-3H3,(H,27,29);1H/t23-;/m1./s1. The number of halogens is 3. The van der Waals surface area contributed by atoms with Gasteiger partial charge in [0.05, 0.1) is 10.0 Å². The summed E-state index contributed by atoms with van der Waals surface area (Å²) in [6.45, 7) is 9.05. The van der Waals surface area contributed by atoms with Gasteiger partial charge in [-0.3, -0.25) is 4.79 Å². The largest absolute Gasteiger partial charge is 0.490 e. The number of amides is 1. The molecule has 1 N–H and O–H groups in total. The summed E-state index contributed by atoms with van der Waals surface area (Å²) in [6, 6.07) is 13.2. The number of ether oxygens (including phenoxy) is 1. The monoisotopic (exact) mass is 484 g/mol. The molecule has 1 atom stereocenters. The van der Waals surface area contributed by atoms with Gasteiger partial charge in [-0.15, -0.1) is 12.4 Å². The summed E-state index contributed by atoms with van der Waals surface area (Å²) in [6.07, 6.45) is 2.05. The van der Waals surface area contributed by atoms with Crippen LogP contribution in [0.5, 0.6) is 5.75 Å². The number of nitrogens with one attached hydrogen (secondary N) is 1. The second-order valence-corrected chi connectivity index (χ2v) is 9.20. The van der Waals surface area contributed by atoms with Crippen molar-refractivity contribution in [3.8, 4) is 5.75 Å². The van der Waals surface area contributed by atoms with Crippen LogP contribution in [0.25, 0.3) is 0 Å². The zero-order valence-corrected chi connectivity index (χ0v) is 20.6. The van der Waals surface area contributed by atoms with Gasteiger partial charge in [0.25, 0.3) is 5.91 Å². The molecule has 2 aromatic rings. The summed E-state index contributed by atoms with van der Waals surface area (Å²) in [5.41, 5.74) is 1.86. The first-order valence-electron chi connectivity index (χ1n) is 10.5. The SMILES string of the molecule is Cc1ccc(C(=O)N[C@H](CN2CCC(Oc3ccc(Cl)c(Cl)c3)CC2)C(C)C)cc1.Cl. The molecule has 31 heavy (non-hydrogen) atoms. The van der Waals surface area contributed by atoms with E-state index in [0.29, 0.717) is 21.5 Å². The molecule has 0 saturated carbocycles. The Morgan fingerprint density at radius 2 is 1.74 bits per heavy atom. The zero-order chi connectivity index (χ0) is 21.7. The van der Waals surface area contributed by atoms with E-state index in [1.807, 2.05) is 37.3 Å². The highest BCUT2D eigenvalue weighted by atomic mass is 35.5. The van der Waals surface area contributed by atoms with Crippen LogP contribution in [0.4, 0.5) is 0 Å². The van der Waals surface area contributed by atoms with Gasteiger partial charge in [0, 0.05) is 37.3 Å². The topological polar surface area (TPSA) is 41.6 Å². The Morgan fingerprint density at radius 1 is 1.10 bits per heavy atom. The first-order valence-corrected chi connectivity index (χ1v) is 11.3. The summed E-state index contributed by atoms with van der Waals surface area (Å²) in [5.74, 6) is 1.10. The van der Waals surface area contributed by atoms with Crippen molar-refractivity contribution >= 4 is 41.5 Å². The molecule has 2 aromatic carbocycles. The van der Waals surface area contributed by atoms with Crippen LogP contribution in [0, 0.1) is 12.8 Å². The van der Waals surface area contributed by atoms with Gasteiger partial charge >= 0.3 is 0 Å². The molecule has 1 heterocycles. The van der Waals surface area contributed by atoms with Gasteiger partial charge in [0.2, 0.25) is 0 Å². The minimum atomic E-state index is -0.00784. The van der Waals surface area contributed by atoms with Crippen molar-refractivity contribution in [3.63, 3.8) is 0 Å². The van der Waals surface area contributed by atoms with Crippen LogP contribution in [0.15, 0.2) is 42.5 Å². The number of likely N-dealkylation sites (tertiary alicyclic amines) is 1. The van der Waals surface area contributed by atoms with Crippen molar-refractivity contribution in [1.29, 1.82) is 0 Å². The summed E-state index contributed by atoms with van der Waals surface area (Å²) in [5, 5.41) is 4.27. The smallest absolute Gasteiger partial charge is 0.251 e. The second-order valence-electron chi connectivity index (χ2n) is 8.38. The summed E-state index contributed by atoms with van der Waals surface area (Å²) < 4.78 is 6.08. The van der Waals surface area contributed by atoms with Gasteiger partial charge in [0.15, 0.2) is 0 Å². The van der Waals surface area contributed by atoms with E-state index < -0.39 is 0 Å². The minimum absolute atomic E-state index is 0. The minimum Gasteiger partial charge on any atom is -0.490 e. The van der Waals surface area contributed by atoms with E-state index >= 15 is 0 Å². The lowest BCUT2D eigenvalue weighted by Gasteiger charge is -2.35. The molecule has 4 nitrogen and oxygen atoms in total. The van der Waals surface area contributed by atoms with Crippen molar-refractivity contribution in [3.05, 3.63) is 63.6 Å². The predicted molar refractivity (Wildman–Crippen MR) is 131 cm³/mol. The normalized spacial score (nSPS) is 15.9. The predicted octanol–water partition coefficient (Wildman–Crippen LogP) is 6.02. The highest BCUT2D eigenvalue weighted by Crippen LogP contribution is 2.28. The first kappa shape index (κ1) is 25.8. The van der Waals surface area contributed by atoms with Crippen LogP contribution in [0.2, 0.25) is 10.0 Å². The molecule has 0 radical (unpaired) electrons. The molecular weight excluding hydrogens is 455 g/mol. The molecule has 1 fully saturated rings. The number of benzene rings is 2. The Hall–Kier alpha value is -1.46. The lowest BCUT2D eigenvalue weighted by atomic mass is 10.0. The lowest BCUT2D eigenvalue weighted by molar-refractivity contribution is 0.0808. The van der Waals surface area contributed by atoms with E-state index in [-0.39, 0.29) is 30.5 Å². The molecule has 0 unspecified atom stereocenters. The first-order chi connectivity index (χ1) is 14.3. The van der Waals surface area contributed by atoms with Crippen LogP contribution in [0.1, 0.15) is 42.6 Å². The number of piperidine rings is 1. The Morgan fingerprint density at radius 3 is 2.32 bits per heavy atom. The van der Waals surface area contributed by atoms with Crippen molar-refractivity contribution in [2.24, 2.45) is 5.92 Å². The van der Waals surface area contributed by atoms with Crippen LogP contribution < -0.4 is 10.1 Å². The number of hydrogen-bond donors (Lipinski definition) is 1. The highest BCUT2D eigenvalue weighted by molar-refractivity contribution is 6.42. The molecular formula is C24H31Cl3N2O2. The fourth-order valence-corrected chi connectivity index (χ4v) is 3.90. The van der Waals surface area contributed by atoms with E-state index in [1.54, 1.807) is 12.1 Å². The molecule has 7 heteroatoms. The molecule has 3 rings (SSSR count). The number of rotatable bonds is 7. The quantitative estimate of drug-likeness (QED) is 0.521. The maximum atomic E-state index is 12.6. The molecule has 1 amide bonds. The van der Waals surface area contributed by atoms with Crippen LogP contribution in [0.3, 0.4) is 0 Å². The Kier molecular flexibility index (Phi) is 9.95. The molecule has 0 aliphatic carbocycles. The van der Waals surface area contributed by atoms with Crippen LogP contribution in [-0.4, -0.2) is 42.6 Å². The van der Waals surface area contributed by atoms with E-state index in [4.69, 9.17) is 27.9 Å². The molecule has 1 saturated heterocycles. The second kappa shape index (κ2) is 12.0. The molecule has 1 aliphatic heterocycles. The Bertz CT molecular complexity index is 850. The maximum Gasteiger partial charge on any atom is 0.251 e. The molecule has 0 bridgehead atoms. The number of aryl methyl sites for hydroxylation is 1. The fraction of sp³-hybridized carbons (Fsp3) is 0.458. The Balaban J connectivity index is 0.00000341. The van der Waals surface area contributed by atoms with Crippen molar-refractivity contribution in [1.82, 2.24) is 10.2 Å². The summed E-state index contributed by atoms with van der Waals surface area (Å²) in [7, 11) is 0. The molecule has 1 aliphatic rings. The van der Waals surface area contributed by atoms with E-state index in [0.717, 1.165) is 43.8 Å². The average molecular weight is 486 g/mol. The van der Waals surface area contributed by atoms with Crippen molar-refractivity contribution < 1.29 is 9.53 Å². The van der Waals surface area contributed by atoms with Crippen molar-refractivity contribution in [2.45, 2.75) is 45.8 Å². The summed E-state index contributed by atoms with van der Waals surface area (Å²) in [4.78, 5) is 15.1. The van der Waals surface area contributed by atoms with Gasteiger partial charge in [0.1, 0.15) is 11.9 Å². The van der Waals surface area contributed by atoms with Crippen LogP contribution in [-0.2, 0) is 0 Å². The van der Waals surface area contributed by atoms with Gasteiger partial charge in [-0.1, -0.05) is 54.7 Å². The zero-order valence-electron chi connectivity index (χ0n) is 18.2.